The number of guanidine groups is 1. The van der Waals surface area contributed by atoms with Gasteiger partial charge in [0.1, 0.15) is 90.6 Å². The zero-order valence-electron chi connectivity index (χ0n) is 72.2. The molecule has 0 aliphatic heterocycles. The summed E-state index contributed by atoms with van der Waals surface area (Å²) in [4.78, 5) is 269. The van der Waals surface area contributed by atoms with Gasteiger partial charge >= 0.3 is 23.9 Å². The molecule has 0 spiro atoms. The Morgan fingerprint density at radius 2 is 0.557 bits per heavy atom. The van der Waals surface area contributed by atoms with Crippen molar-refractivity contribution in [3.63, 3.8) is 0 Å². The zero-order chi connectivity index (χ0) is 93.5. The predicted octanol–water partition coefficient (Wildman–Crippen LogP) is -6.39. The highest BCUT2D eigenvalue weighted by atomic mass is 16.4. The van der Waals surface area contributed by atoms with Crippen LogP contribution in [0, 0.1) is 23.7 Å². The minimum Gasteiger partial charge on any atom is -0.481 e. The highest BCUT2D eigenvalue weighted by Gasteiger charge is 2.38. The third kappa shape index (κ3) is 46.4. The highest BCUT2D eigenvalue weighted by Crippen LogP contribution is 2.15. The van der Waals surface area contributed by atoms with E-state index in [9.17, 15) is 116 Å². The van der Waals surface area contributed by atoms with E-state index in [4.69, 9.17) is 28.7 Å². The zero-order valence-corrected chi connectivity index (χ0v) is 72.2. The summed E-state index contributed by atoms with van der Waals surface area (Å²) >= 11 is 0. The molecular formula is C76H134N22O24. The van der Waals surface area contributed by atoms with E-state index >= 15 is 0 Å². The van der Waals surface area contributed by atoms with Gasteiger partial charge in [0.25, 0.3) is 0 Å². The van der Waals surface area contributed by atoms with Crippen LogP contribution in [0.5, 0.6) is 0 Å². The maximum Gasteiger partial charge on any atom is 0.326 e. The first-order valence-electron chi connectivity index (χ1n) is 40.8. The van der Waals surface area contributed by atoms with Crippen molar-refractivity contribution < 1.29 is 116 Å². The first-order valence-corrected chi connectivity index (χ1v) is 40.8. The number of nitrogens with zero attached hydrogens (tertiary/aromatic N) is 1. The number of unbranched alkanes of at least 4 members (excludes halogenated alkanes) is 2. The molecule has 46 heteroatoms. The summed E-state index contributed by atoms with van der Waals surface area (Å²) in [6.07, 6.45) is -1.31. The fourth-order valence-electron chi connectivity index (χ4n) is 11.6. The number of carbonyl (C=O) groups excluding carboxylic acids is 16. The number of carbonyl (C=O) groups is 20. The molecule has 0 fully saturated rings. The second kappa shape index (κ2) is 57.7. The minimum absolute atomic E-state index is 0.0227. The van der Waals surface area contributed by atoms with Crippen molar-refractivity contribution in [3.05, 3.63) is 0 Å². The molecule has 692 valence electrons. The van der Waals surface area contributed by atoms with Crippen LogP contribution in [0.25, 0.3) is 0 Å². The van der Waals surface area contributed by atoms with E-state index in [1.165, 1.54) is 27.7 Å². The average Bonchev–Trinajstić information content (AvgIpc) is 0.859. The van der Waals surface area contributed by atoms with Gasteiger partial charge in [0.05, 0.1) is 19.0 Å². The number of amides is 16. The van der Waals surface area contributed by atoms with Crippen molar-refractivity contribution in [2.75, 3.05) is 26.2 Å². The number of hydrogen-bond acceptors (Lipinski definition) is 24. The Morgan fingerprint density at radius 3 is 0.918 bits per heavy atom. The molecule has 0 aliphatic rings. The summed E-state index contributed by atoms with van der Waals surface area (Å²) in [6, 6.07) is -23.2. The van der Waals surface area contributed by atoms with E-state index in [-0.39, 0.29) is 87.7 Å². The Balaban J connectivity index is 6.55. The third-order valence-electron chi connectivity index (χ3n) is 18.3. The lowest BCUT2D eigenvalue weighted by molar-refractivity contribution is -0.142. The van der Waals surface area contributed by atoms with E-state index < -0.39 is 254 Å². The molecule has 30 N–H and O–H groups in total. The van der Waals surface area contributed by atoms with Crippen molar-refractivity contribution in [1.29, 1.82) is 0 Å². The van der Waals surface area contributed by atoms with E-state index in [0.29, 0.717) is 38.6 Å². The maximum atomic E-state index is 14.4. The van der Waals surface area contributed by atoms with Gasteiger partial charge in [-0.1, -0.05) is 61.8 Å². The van der Waals surface area contributed by atoms with Crippen LogP contribution in [-0.4, -0.2) is 268 Å². The summed E-state index contributed by atoms with van der Waals surface area (Å²) in [5, 5.41) is 76.8. The van der Waals surface area contributed by atoms with Gasteiger partial charge < -0.3 is 134 Å². The number of carboxylic acids is 4. The number of aliphatic carboxylic acids is 4. The topological polar surface area (TPSA) is 757 Å². The van der Waals surface area contributed by atoms with E-state index in [2.05, 4.69) is 90.1 Å². The van der Waals surface area contributed by atoms with Gasteiger partial charge in [0.2, 0.25) is 94.5 Å². The molecule has 0 bridgehead atoms. The van der Waals surface area contributed by atoms with Gasteiger partial charge in [-0.3, -0.25) is 96.1 Å². The number of rotatable bonds is 61. The van der Waals surface area contributed by atoms with E-state index in [0.717, 1.165) is 13.8 Å². The third-order valence-corrected chi connectivity index (χ3v) is 18.3. The average molecular weight is 1740 g/mol. The molecule has 0 heterocycles. The molecule has 0 rings (SSSR count). The predicted molar refractivity (Wildman–Crippen MR) is 441 cm³/mol. The summed E-state index contributed by atoms with van der Waals surface area (Å²) in [5.41, 5.74) is 28.1. The maximum absolute atomic E-state index is 14.4. The Kier molecular flexibility index (Phi) is 52.3. The van der Waals surface area contributed by atoms with Crippen LogP contribution in [0.15, 0.2) is 4.99 Å². The first kappa shape index (κ1) is 111. The van der Waals surface area contributed by atoms with Gasteiger partial charge in [0.15, 0.2) is 5.96 Å². The van der Waals surface area contributed by atoms with Crippen LogP contribution in [-0.2, 0) is 95.9 Å². The van der Waals surface area contributed by atoms with Crippen molar-refractivity contribution in [3.8, 4) is 0 Å². The second-order valence-corrected chi connectivity index (χ2v) is 31.7. The summed E-state index contributed by atoms with van der Waals surface area (Å²) in [7, 11) is 0. The van der Waals surface area contributed by atoms with E-state index in [1.54, 1.807) is 41.5 Å². The number of hydrogen-bond donors (Lipinski definition) is 25. The molecular weight excluding hydrogens is 1600 g/mol. The lowest BCUT2D eigenvalue weighted by atomic mass is 9.99. The van der Waals surface area contributed by atoms with E-state index in [1.807, 2.05) is 13.8 Å². The fraction of sp³-hybridized carbons (Fsp3) is 0.724. The molecule has 16 amide bonds. The van der Waals surface area contributed by atoms with Gasteiger partial charge in [0, 0.05) is 19.4 Å². The van der Waals surface area contributed by atoms with Crippen molar-refractivity contribution >= 4 is 124 Å². The molecule has 0 aromatic rings. The minimum atomic E-state index is -1.96. The molecule has 0 aromatic carbocycles. The first-order chi connectivity index (χ1) is 56.8. The smallest absolute Gasteiger partial charge is 0.326 e. The Morgan fingerprint density at radius 1 is 0.287 bits per heavy atom. The van der Waals surface area contributed by atoms with Crippen LogP contribution in [0.1, 0.15) is 206 Å². The quantitative estimate of drug-likeness (QED) is 0.0153. The normalized spacial score (nSPS) is 15.1. The molecule has 16 atom stereocenters. The van der Waals surface area contributed by atoms with Gasteiger partial charge in [-0.05, 0) is 162 Å². The van der Waals surface area contributed by atoms with Crippen molar-refractivity contribution in [1.82, 2.24) is 85.1 Å². The van der Waals surface area contributed by atoms with Crippen LogP contribution < -0.4 is 114 Å². The van der Waals surface area contributed by atoms with Crippen molar-refractivity contribution in [2.45, 2.75) is 303 Å². The van der Waals surface area contributed by atoms with Crippen LogP contribution in [0.3, 0.4) is 0 Å². The summed E-state index contributed by atoms with van der Waals surface area (Å²) in [5.74, 6) is -22.6. The molecule has 0 radical (unpaired) electrons. The largest absolute Gasteiger partial charge is 0.481 e. The Bertz CT molecular complexity index is 3580. The Hall–Kier alpha value is -11.4. The second-order valence-electron chi connectivity index (χ2n) is 31.7. The van der Waals surface area contributed by atoms with Gasteiger partial charge in [-0.25, -0.2) is 4.79 Å². The number of nitrogens with two attached hydrogens (primary N) is 5. The molecule has 0 unspecified atom stereocenters. The summed E-state index contributed by atoms with van der Waals surface area (Å²) in [6.45, 7) is 20.9. The molecule has 46 nitrogen and oxygen atoms in total. The number of aliphatic imine (C=N–C) groups is 1. The number of carboxylic acid groups (broad SMARTS) is 4. The molecule has 0 saturated carbocycles. The standard InChI is InChI=1S/C76H134N22O24/c1-36(2)30-51(96-66(112)46(79)20-15-17-27-77)70(116)87-44(13)64(110)94-53(32-38(5)6)73(119)92-49(24-26-58(102)103)68(114)86-41(10)60(106)85-42(11)62(108)90-47(22-19-29-82-76(80)81)69(115)97-54(33-39(7)8)74(120)98-52(31-37(3)4)71(117)88-45(14)65(111)95-55(34-59(104)105)72(118)89-43(12)63(109)91-48(23-25-57(100)101)67(113)83-35-56(99)84-40(9)61(107)93-50(75(121)122)21-16-18-28-78/h36-55H,15-35,77-79H2,1-14H3,(H,83,113)(H,84,99)(H,85,106)(H,86,114)(H,87,116)(H,88,117)(H,89,118)(H,90,108)(H,91,109)(H,92,119)(H,93,107)(H,94,110)(H,95,111)(H,96,112)(H,97,115)(H,98,120)(H,100,101)(H,102,103)(H,104,105)(H,121,122)(H4,80,81,82)/t40-,41-,42-,43-,44-,45-,46-,47-,48-,49-,50-,51-,52-,53-,54-,55-/m0/s1. The van der Waals surface area contributed by atoms with Crippen LogP contribution in [0.2, 0.25) is 0 Å². The SMILES string of the molecule is CC(C)C[C@H](NC(=O)[C@H](C)NC(=O)[C@H](CC(C)C)NC(=O)[C@@H](N)CCCCN)C(=O)N[C@@H](CCC(=O)O)C(=O)N[C@@H](C)C(=O)N[C@@H](C)C(=O)N[C@@H](CCCN=C(N)N)C(=O)N[C@@H](CC(C)C)C(=O)N[C@@H](CC(C)C)C(=O)N[C@@H](C)C(=O)N[C@@H](CC(=O)O)C(=O)N[C@@H](C)C(=O)N[C@@H](CCC(=O)O)C(=O)NCC(=O)N[C@@H](C)C(=O)N[C@@H](CCCCN)C(=O)O. The van der Waals surface area contributed by atoms with Gasteiger partial charge in [-0.15, -0.1) is 0 Å². The molecule has 0 aliphatic carbocycles. The fourth-order valence-corrected chi connectivity index (χ4v) is 11.6. The summed E-state index contributed by atoms with van der Waals surface area (Å²) < 4.78 is 0. The molecule has 0 saturated heterocycles. The van der Waals surface area contributed by atoms with Gasteiger partial charge in [-0.2, -0.15) is 0 Å². The monoisotopic (exact) mass is 1740 g/mol. The molecule has 0 aromatic heterocycles. The molecule has 122 heavy (non-hydrogen) atoms. The van der Waals surface area contributed by atoms with Crippen molar-refractivity contribution in [2.24, 2.45) is 57.3 Å². The van der Waals surface area contributed by atoms with Crippen LogP contribution >= 0.6 is 0 Å². The van der Waals surface area contributed by atoms with Crippen LogP contribution in [0.4, 0.5) is 0 Å². The lowest BCUT2D eigenvalue weighted by Crippen LogP contribution is -2.60. The number of nitrogens with one attached hydrogen (secondary N) is 16. The lowest BCUT2D eigenvalue weighted by Gasteiger charge is -2.28. The Labute approximate surface area is 709 Å². The highest BCUT2D eigenvalue weighted by molar-refractivity contribution is 6.01.